The van der Waals surface area contributed by atoms with Crippen molar-refractivity contribution < 1.29 is 14.7 Å². The Hall–Kier alpha value is -2.47. The van der Waals surface area contributed by atoms with Gasteiger partial charge in [0.2, 0.25) is 0 Å². The van der Waals surface area contributed by atoms with Crippen molar-refractivity contribution in [3.05, 3.63) is 36.7 Å². The predicted octanol–water partition coefficient (Wildman–Crippen LogP) is 0.848. The van der Waals surface area contributed by atoms with Crippen LogP contribution < -0.4 is 4.90 Å². The van der Waals surface area contributed by atoms with Crippen molar-refractivity contribution in [1.82, 2.24) is 9.55 Å². The monoisotopic (exact) mass is 271 g/mol. The molecule has 2 aromatic heterocycles. The number of hydrogen-bond acceptors (Lipinski definition) is 4. The van der Waals surface area contributed by atoms with E-state index in [1.165, 1.54) is 12.2 Å². The Labute approximate surface area is 114 Å². The Bertz CT molecular complexity index is 700. The molecule has 3 rings (SSSR count). The number of aliphatic hydroxyl groups excluding tert-OH is 1. The summed E-state index contributed by atoms with van der Waals surface area (Å²) in [5, 5.41) is 9.69. The van der Waals surface area contributed by atoms with Crippen molar-refractivity contribution in [3.63, 3.8) is 0 Å². The largest absolute Gasteiger partial charge is 0.396 e. The number of anilines is 1. The van der Waals surface area contributed by atoms with E-state index in [9.17, 15) is 9.59 Å². The van der Waals surface area contributed by atoms with Gasteiger partial charge in [0, 0.05) is 43.1 Å². The van der Waals surface area contributed by atoms with Crippen LogP contribution in [0.5, 0.6) is 0 Å². The van der Waals surface area contributed by atoms with Gasteiger partial charge in [-0.2, -0.15) is 0 Å². The molecule has 0 saturated carbocycles. The number of carbonyl (C=O) groups excluding carboxylic acids is 2. The third-order valence-electron chi connectivity index (χ3n) is 3.22. The van der Waals surface area contributed by atoms with E-state index in [1.54, 1.807) is 18.5 Å². The number of aromatic nitrogens is 2. The zero-order chi connectivity index (χ0) is 14.1. The molecule has 20 heavy (non-hydrogen) atoms. The summed E-state index contributed by atoms with van der Waals surface area (Å²) in [6.07, 6.45) is 6.49. The van der Waals surface area contributed by atoms with E-state index in [0.29, 0.717) is 24.3 Å². The molecule has 0 bridgehead atoms. The van der Waals surface area contributed by atoms with Crippen molar-refractivity contribution in [2.24, 2.45) is 0 Å². The number of amides is 2. The number of pyridine rings is 1. The molecule has 1 aliphatic rings. The molecule has 0 fully saturated rings. The summed E-state index contributed by atoms with van der Waals surface area (Å²) in [7, 11) is 0. The Morgan fingerprint density at radius 2 is 1.95 bits per heavy atom. The second-order valence-electron chi connectivity index (χ2n) is 4.50. The lowest BCUT2D eigenvalue weighted by molar-refractivity contribution is -0.119. The van der Waals surface area contributed by atoms with Crippen molar-refractivity contribution in [3.8, 4) is 0 Å². The standard InChI is InChI=1S/C14H13N3O3/c18-8-2-7-16-9-11(10-3-1-6-15-14(10)16)17-12(19)4-5-13(17)20/h1,3-6,9,18H,2,7-8H2. The number of aryl methyl sites for hydroxylation is 1. The molecular weight excluding hydrogens is 258 g/mol. The molecule has 102 valence electrons. The summed E-state index contributed by atoms with van der Waals surface area (Å²) in [6.45, 7) is 0.651. The van der Waals surface area contributed by atoms with E-state index < -0.39 is 0 Å². The Morgan fingerprint density at radius 3 is 2.65 bits per heavy atom. The fourth-order valence-corrected chi connectivity index (χ4v) is 2.33. The van der Waals surface area contributed by atoms with Crippen LogP contribution in [0.1, 0.15) is 6.42 Å². The highest BCUT2D eigenvalue weighted by atomic mass is 16.3. The van der Waals surface area contributed by atoms with Gasteiger partial charge in [-0.1, -0.05) is 0 Å². The highest BCUT2D eigenvalue weighted by Crippen LogP contribution is 2.30. The van der Waals surface area contributed by atoms with E-state index in [2.05, 4.69) is 4.98 Å². The van der Waals surface area contributed by atoms with Crippen LogP contribution in [0.4, 0.5) is 5.69 Å². The lowest BCUT2D eigenvalue weighted by atomic mass is 10.3. The van der Waals surface area contributed by atoms with Gasteiger partial charge in [-0.15, -0.1) is 0 Å². The second kappa shape index (κ2) is 4.90. The molecule has 6 nitrogen and oxygen atoms in total. The molecular formula is C14H13N3O3. The molecule has 3 heterocycles. The molecule has 0 saturated heterocycles. The smallest absolute Gasteiger partial charge is 0.258 e. The zero-order valence-electron chi connectivity index (χ0n) is 10.7. The first-order valence-corrected chi connectivity index (χ1v) is 6.33. The summed E-state index contributed by atoms with van der Waals surface area (Å²) in [6, 6.07) is 3.59. The molecule has 6 heteroatoms. The molecule has 2 aromatic rings. The van der Waals surface area contributed by atoms with Crippen LogP contribution in [0.3, 0.4) is 0 Å². The van der Waals surface area contributed by atoms with E-state index in [0.717, 1.165) is 10.3 Å². The zero-order valence-corrected chi connectivity index (χ0v) is 10.7. The second-order valence-corrected chi connectivity index (χ2v) is 4.50. The van der Waals surface area contributed by atoms with Crippen LogP contribution >= 0.6 is 0 Å². The highest BCUT2D eigenvalue weighted by molar-refractivity contribution is 6.30. The third-order valence-corrected chi connectivity index (χ3v) is 3.22. The maximum Gasteiger partial charge on any atom is 0.258 e. The minimum absolute atomic E-state index is 0.0744. The Morgan fingerprint density at radius 1 is 1.20 bits per heavy atom. The summed E-state index contributed by atoms with van der Waals surface area (Å²) >= 11 is 0. The molecule has 0 radical (unpaired) electrons. The molecule has 1 aliphatic heterocycles. The normalized spacial score (nSPS) is 14.8. The topological polar surface area (TPSA) is 75.4 Å². The average molecular weight is 271 g/mol. The number of rotatable bonds is 4. The molecule has 0 aromatic carbocycles. The van der Waals surface area contributed by atoms with Gasteiger partial charge < -0.3 is 9.67 Å². The number of nitrogens with zero attached hydrogens (tertiary/aromatic N) is 3. The van der Waals surface area contributed by atoms with E-state index in [-0.39, 0.29) is 18.4 Å². The summed E-state index contributed by atoms with van der Waals surface area (Å²) in [4.78, 5) is 29.0. The van der Waals surface area contributed by atoms with Gasteiger partial charge >= 0.3 is 0 Å². The minimum atomic E-state index is -0.347. The van der Waals surface area contributed by atoms with Crippen molar-refractivity contribution in [2.45, 2.75) is 13.0 Å². The number of carbonyl (C=O) groups is 2. The molecule has 0 spiro atoms. The third kappa shape index (κ3) is 1.90. The fourth-order valence-electron chi connectivity index (χ4n) is 2.33. The molecule has 0 unspecified atom stereocenters. The first-order chi connectivity index (χ1) is 9.72. The van der Waals surface area contributed by atoms with Crippen LogP contribution in [0.2, 0.25) is 0 Å². The van der Waals surface area contributed by atoms with Crippen molar-refractivity contribution >= 4 is 28.5 Å². The minimum Gasteiger partial charge on any atom is -0.396 e. The van der Waals surface area contributed by atoms with Crippen molar-refractivity contribution in [1.29, 1.82) is 0 Å². The average Bonchev–Trinajstić information content (AvgIpc) is 2.98. The summed E-state index contributed by atoms with van der Waals surface area (Å²) in [5.74, 6) is -0.694. The lowest BCUT2D eigenvalue weighted by Crippen LogP contribution is -2.29. The van der Waals surface area contributed by atoms with Gasteiger partial charge in [0.25, 0.3) is 11.8 Å². The van der Waals surface area contributed by atoms with Crippen molar-refractivity contribution in [2.75, 3.05) is 11.5 Å². The van der Waals surface area contributed by atoms with Gasteiger partial charge in [-0.05, 0) is 18.6 Å². The number of hydrogen-bond donors (Lipinski definition) is 1. The van der Waals surface area contributed by atoms with Crippen LogP contribution in [0, 0.1) is 0 Å². The van der Waals surface area contributed by atoms with Gasteiger partial charge in [-0.25, -0.2) is 9.88 Å². The molecule has 1 N–H and O–H groups in total. The van der Waals surface area contributed by atoms with Crippen LogP contribution in [0.25, 0.3) is 11.0 Å². The van der Waals surface area contributed by atoms with E-state index in [4.69, 9.17) is 5.11 Å². The molecule has 2 amide bonds. The first-order valence-electron chi connectivity index (χ1n) is 6.33. The lowest BCUT2D eigenvalue weighted by Gasteiger charge is -2.11. The van der Waals surface area contributed by atoms with Gasteiger partial charge in [0.15, 0.2) is 0 Å². The van der Waals surface area contributed by atoms with E-state index in [1.807, 2.05) is 10.6 Å². The number of fused-ring (bicyclic) bond motifs is 1. The van der Waals surface area contributed by atoms with E-state index >= 15 is 0 Å². The first kappa shape index (κ1) is 12.6. The van der Waals surface area contributed by atoms with Crippen LogP contribution in [-0.4, -0.2) is 33.1 Å². The Kier molecular flexibility index (Phi) is 3.08. The summed E-state index contributed by atoms with van der Waals surface area (Å²) < 4.78 is 1.85. The fraction of sp³-hybridized carbons (Fsp3) is 0.214. The quantitative estimate of drug-likeness (QED) is 0.836. The summed E-state index contributed by atoms with van der Waals surface area (Å²) in [5.41, 5.74) is 1.23. The molecule has 0 atom stereocenters. The number of imide groups is 1. The van der Waals surface area contributed by atoms with Crippen LogP contribution in [-0.2, 0) is 16.1 Å². The molecule has 0 aliphatic carbocycles. The maximum atomic E-state index is 11.8. The highest BCUT2D eigenvalue weighted by Gasteiger charge is 2.28. The Balaban J connectivity index is 2.11. The maximum absolute atomic E-state index is 11.8. The van der Waals surface area contributed by atoms with Gasteiger partial charge in [-0.3, -0.25) is 9.59 Å². The number of aliphatic hydroxyl groups is 1. The van der Waals surface area contributed by atoms with Gasteiger partial charge in [0.1, 0.15) is 5.65 Å². The predicted molar refractivity (Wildman–Crippen MR) is 73.1 cm³/mol. The SMILES string of the molecule is O=C1C=CC(=O)N1c1cn(CCCO)c2ncccc12. The van der Waals surface area contributed by atoms with Gasteiger partial charge in [0.05, 0.1) is 5.69 Å². The van der Waals surface area contributed by atoms with Crippen LogP contribution in [0.15, 0.2) is 36.7 Å².